The average molecular weight is 304 g/mol. The van der Waals surface area contributed by atoms with E-state index in [2.05, 4.69) is 9.72 Å². The lowest BCUT2D eigenvalue weighted by Gasteiger charge is -2.30. The van der Waals surface area contributed by atoms with Gasteiger partial charge in [-0.15, -0.1) is 11.3 Å². The Balaban J connectivity index is 2.46. The molecular formula is C11H16N2O4S2. The fourth-order valence-corrected chi connectivity index (χ4v) is 5.36. The molecule has 0 N–H and O–H groups in total. The van der Waals surface area contributed by atoms with E-state index in [1.165, 1.54) is 16.9 Å². The van der Waals surface area contributed by atoms with E-state index >= 15 is 0 Å². The average Bonchev–Trinajstić information content (AvgIpc) is 2.94. The normalized spacial score (nSPS) is 19.5. The number of thiazole rings is 1. The van der Waals surface area contributed by atoms with Gasteiger partial charge in [0.25, 0.3) is 10.0 Å². The minimum Gasteiger partial charge on any atom is -0.464 e. The van der Waals surface area contributed by atoms with E-state index in [1.807, 2.05) is 13.8 Å². The molecule has 19 heavy (non-hydrogen) atoms. The zero-order valence-corrected chi connectivity index (χ0v) is 12.7. The maximum Gasteiger partial charge on any atom is 0.358 e. The fraction of sp³-hybridized carbons (Fsp3) is 0.636. The molecule has 0 aliphatic carbocycles. The minimum absolute atomic E-state index is 0.0330. The van der Waals surface area contributed by atoms with Gasteiger partial charge in [-0.05, 0) is 26.7 Å². The molecule has 0 aromatic carbocycles. The molecule has 1 fully saturated rings. The Morgan fingerprint density at radius 2 is 2.21 bits per heavy atom. The Kier molecular flexibility index (Phi) is 3.67. The number of hydrogen-bond donors (Lipinski definition) is 0. The highest BCUT2D eigenvalue weighted by atomic mass is 32.2. The molecule has 2 heterocycles. The summed E-state index contributed by atoms with van der Waals surface area (Å²) in [5, 5.41) is 0. The van der Waals surface area contributed by atoms with Crippen molar-refractivity contribution >= 4 is 27.3 Å². The van der Waals surface area contributed by atoms with E-state index in [0.29, 0.717) is 6.54 Å². The molecule has 6 nitrogen and oxygen atoms in total. The lowest BCUT2D eigenvalue weighted by molar-refractivity contribution is 0.0590. The summed E-state index contributed by atoms with van der Waals surface area (Å²) in [5.41, 5.74) is 0.786. The summed E-state index contributed by atoms with van der Waals surface area (Å²) >= 11 is 0.946. The number of carbonyl (C=O) groups is 1. The third-order valence-corrected chi connectivity index (χ3v) is 6.72. The summed E-state index contributed by atoms with van der Waals surface area (Å²) in [6.07, 6.45) is 1.62. The van der Waals surface area contributed by atoms with E-state index in [0.717, 1.165) is 24.2 Å². The lowest BCUT2D eigenvalue weighted by atomic mass is 10.0. The van der Waals surface area contributed by atoms with Gasteiger partial charge in [0.2, 0.25) is 0 Å². The van der Waals surface area contributed by atoms with Crippen LogP contribution in [0.4, 0.5) is 0 Å². The van der Waals surface area contributed by atoms with Crippen molar-refractivity contribution in [1.82, 2.24) is 9.29 Å². The summed E-state index contributed by atoms with van der Waals surface area (Å²) in [5.74, 6) is -0.725. The highest BCUT2D eigenvalue weighted by Gasteiger charge is 2.43. The molecule has 1 aromatic heterocycles. The summed E-state index contributed by atoms with van der Waals surface area (Å²) in [6, 6.07) is 0. The second kappa shape index (κ2) is 4.84. The Morgan fingerprint density at radius 1 is 1.53 bits per heavy atom. The van der Waals surface area contributed by atoms with Crippen LogP contribution in [-0.4, -0.2) is 42.9 Å². The first-order valence-electron chi connectivity index (χ1n) is 5.85. The summed E-state index contributed by atoms with van der Waals surface area (Å²) in [4.78, 5) is 15.4. The molecule has 0 saturated carbocycles. The third kappa shape index (κ3) is 2.39. The summed E-state index contributed by atoms with van der Waals surface area (Å²) in [6.45, 7) is 4.24. The first kappa shape index (κ1) is 14.4. The zero-order valence-electron chi connectivity index (χ0n) is 11.0. The van der Waals surface area contributed by atoms with Crippen LogP contribution in [0.15, 0.2) is 9.72 Å². The van der Waals surface area contributed by atoms with Gasteiger partial charge in [0.1, 0.15) is 0 Å². The van der Waals surface area contributed by atoms with Crippen LogP contribution >= 0.6 is 11.3 Å². The smallest absolute Gasteiger partial charge is 0.358 e. The Hall–Kier alpha value is -0.990. The maximum atomic E-state index is 12.6. The number of esters is 1. The minimum atomic E-state index is -3.70. The van der Waals surface area contributed by atoms with E-state index in [4.69, 9.17) is 0 Å². The number of carbonyl (C=O) groups excluding carboxylic acids is 1. The molecule has 0 spiro atoms. The number of methoxy groups -OCH3 is 1. The molecule has 0 amide bonds. The predicted octanol–water partition coefficient (Wildman–Crippen LogP) is 1.49. The van der Waals surface area contributed by atoms with Gasteiger partial charge in [-0.2, -0.15) is 4.31 Å². The first-order chi connectivity index (χ1) is 8.80. The second-order valence-corrected chi connectivity index (χ2v) is 7.89. The predicted molar refractivity (Wildman–Crippen MR) is 70.7 cm³/mol. The number of ether oxygens (including phenoxy) is 1. The molecule has 1 saturated heterocycles. The van der Waals surface area contributed by atoms with Crippen molar-refractivity contribution in [3.8, 4) is 0 Å². The van der Waals surface area contributed by atoms with Gasteiger partial charge < -0.3 is 4.74 Å². The monoisotopic (exact) mass is 304 g/mol. The Morgan fingerprint density at radius 3 is 2.74 bits per heavy atom. The zero-order chi connectivity index (χ0) is 14.3. The molecule has 0 bridgehead atoms. The molecule has 1 aliphatic rings. The lowest BCUT2D eigenvalue weighted by Crippen LogP contribution is -2.42. The van der Waals surface area contributed by atoms with E-state index < -0.39 is 21.5 Å². The van der Waals surface area contributed by atoms with Gasteiger partial charge in [-0.25, -0.2) is 18.2 Å². The van der Waals surface area contributed by atoms with Crippen molar-refractivity contribution < 1.29 is 17.9 Å². The van der Waals surface area contributed by atoms with Crippen molar-refractivity contribution in [2.75, 3.05) is 13.7 Å². The van der Waals surface area contributed by atoms with Gasteiger partial charge in [0, 0.05) is 12.1 Å². The van der Waals surface area contributed by atoms with Crippen LogP contribution in [0.1, 0.15) is 37.2 Å². The van der Waals surface area contributed by atoms with E-state index in [1.54, 1.807) is 0 Å². The van der Waals surface area contributed by atoms with Crippen molar-refractivity contribution in [2.24, 2.45) is 0 Å². The van der Waals surface area contributed by atoms with Gasteiger partial charge in [0.15, 0.2) is 9.90 Å². The van der Waals surface area contributed by atoms with Crippen LogP contribution < -0.4 is 0 Å². The van der Waals surface area contributed by atoms with Crippen LogP contribution in [0, 0.1) is 0 Å². The van der Waals surface area contributed by atoms with E-state index in [9.17, 15) is 13.2 Å². The van der Waals surface area contributed by atoms with Crippen molar-refractivity contribution in [3.05, 3.63) is 11.2 Å². The molecule has 8 heteroatoms. The summed E-state index contributed by atoms with van der Waals surface area (Å²) in [7, 11) is -2.49. The number of hydrogen-bond acceptors (Lipinski definition) is 6. The topological polar surface area (TPSA) is 76.6 Å². The van der Waals surface area contributed by atoms with Crippen LogP contribution in [0.25, 0.3) is 0 Å². The number of nitrogens with zero attached hydrogens (tertiary/aromatic N) is 2. The molecule has 1 aliphatic heterocycles. The van der Waals surface area contributed by atoms with Gasteiger partial charge in [-0.1, -0.05) is 0 Å². The molecule has 1 aromatic rings. The SMILES string of the molecule is COC(=O)c1ncsc1S(=O)(=O)N1CCCC1(C)C. The molecule has 0 radical (unpaired) electrons. The second-order valence-electron chi connectivity index (χ2n) is 4.97. The van der Waals surface area contributed by atoms with Crippen LogP contribution in [0.3, 0.4) is 0 Å². The van der Waals surface area contributed by atoms with Gasteiger partial charge >= 0.3 is 5.97 Å². The van der Waals surface area contributed by atoms with Crippen LogP contribution in [0.5, 0.6) is 0 Å². The highest BCUT2D eigenvalue weighted by molar-refractivity contribution is 7.91. The Labute approximate surface area is 116 Å². The summed E-state index contributed by atoms with van der Waals surface area (Å²) < 4.78 is 31.3. The third-order valence-electron chi connectivity index (χ3n) is 3.26. The quantitative estimate of drug-likeness (QED) is 0.791. The molecule has 0 unspecified atom stereocenters. The maximum absolute atomic E-state index is 12.6. The van der Waals surface area contributed by atoms with Crippen molar-refractivity contribution in [2.45, 2.75) is 36.4 Å². The Bertz CT molecular complexity index is 592. The van der Waals surface area contributed by atoms with Crippen molar-refractivity contribution in [3.63, 3.8) is 0 Å². The number of aromatic nitrogens is 1. The highest BCUT2D eigenvalue weighted by Crippen LogP contribution is 2.36. The fourth-order valence-electron chi connectivity index (χ4n) is 2.28. The molecular weight excluding hydrogens is 288 g/mol. The largest absolute Gasteiger partial charge is 0.464 e. The number of sulfonamides is 1. The molecule has 0 atom stereocenters. The molecule has 106 valence electrons. The van der Waals surface area contributed by atoms with Crippen molar-refractivity contribution in [1.29, 1.82) is 0 Å². The van der Waals surface area contributed by atoms with Gasteiger partial charge in [0.05, 0.1) is 12.6 Å². The van der Waals surface area contributed by atoms with E-state index in [-0.39, 0.29) is 9.90 Å². The standard InChI is InChI=1S/C11H16N2O4S2/c1-11(2)5-4-6-13(11)19(15,16)10-8(9(14)17-3)12-7-18-10/h7H,4-6H2,1-3H3. The van der Waals surface area contributed by atoms with Crippen LogP contribution in [-0.2, 0) is 14.8 Å². The number of rotatable bonds is 3. The van der Waals surface area contributed by atoms with Crippen LogP contribution in [0.2, 0.25) is 0 Å². The first-order valence-corrected chi connectivity index (χ1v) is 8.17. The molecule has 2 rings (SSSR count). The van der Waals surface area contributed by atoms with Gasteiger partial charge in [-0.3, -0.25) is 0 Å².